The molecule has 4 heteroatoms. The normalized spacial score (nSPS) is 11.3. The van der Waals surface area contributed by atoms with Crippen molar-refractivity contribution in [2.24, 2.45) is 0 Å². The third-order valence-electron chi connectivity index (χ3n) is 4.55. The summed E-state index contributed by atoms with van der Waals surface area (Å²) in [6.45, 7) is 5.77. The minimum absolute atomic E-state index is 0.320. The molecule has 0 bridgehead atoms. The van der Waals surface area contributed by atoms with Crippen LogP contribution in [0.3, 0.4) is 0 Å². The number of unbranched alkanes of at least 4 members (excludes halogenated alkanes) is 10. The molecule has 0 unspecified atom stereocenters. The fourth-order valence-electron chi connectivity index (χ4n) is 3.05. The Morgan fingerprint density at radius 3 is 1.71 bits per heavy atom. The van der Waals surface area contributed by atoms with Gasteiger partial charge in [-0.15, -0.1) is 11.6 Å². The Kier molecular flexibility index (Phi) is 18.8. The summed E-state index contributed by atoms with van der Waals surface area (Å²) < 4.78 is 0. The van der Waals surface area contributed by atoms with Crippen LogP contribution in [-0.4, -0.2) is 41.5 Å². The summed E-state index contributed by atoms with van der Waals surface area (Å²) >= 11 is 5.85. The van der Waals surface area contributed by atoms with Crippen LogP contribution >= 0.6 is 11.6 Å². The Hall–Kier alpha value is -0.280. The number of carboxylic acid groups (broad SMARTS) is 1. The van der Waals surface area contributed by atoms with Gasteiger partial charge in [-0.25, -0.2) is 0 Å². The molecule has 0 atom stereocenters. The Morgan fingerprint density at radius 2 is 1.21 bits per heavy atom. The highest BCUT2D eigenvalue weighted by molar-refractivity contribution is 6.17. The number of alkyl halides is 1. The smallest absolute Gasteiger partial charge is 0.303 e. The highest BCUT2D eigenvalue weighted by Crippen LogP contribution is 2.10. The third-order valence-corrected chi connectivity index (χ3v) is 4.82. The van der Waals surface area contributed by atoms with E-state index in [4.69, 9.17) is 16.7 Å². The van der Waals surface area contributed by atoms with Gasteiger partial charge in [0.1, 0.15) is 0 Å². The minimum atomic E-state index is -0.669. The van der Waals surface area contributed by atoms with E-state index in [1.807, 2.05) is 0 Å². The molecule has 144 valence electrons. The van der Waals surface area contributed by atoms with Gasteiger partial charge in [0.25, 0.3) is 0 Å². The molecule has 0 aromatic heterocycles. The van der Waals surface area contributed by atoms with E-state index in [1.54, 1.807) is 0 Å². The highest BCUT2D eigenvalue weighted by Gasteiger charge is 2.04. The molecule has 3 nitrogen and oxygen atoms in total. The lowest BCUT2D eigenvalue weighted by Gasteiger charge is -2.22. The van der Waals surface area contributed by atoms with Crippen LogP contribution in [0, 0.1) is 0 Å². The molecule has 0 heterocycles. The van der Waals surface area contributed by atoms with Gasteiger partial charge in [0.2, 0.25) is 0 Å². The van der Waals surface area contributed by atoms with E-state index in [1.165, 1.54) is 70.9 Å². The van der Waals surface area contributed by atoms with Crippen molar-refractivity contribution in [2.45, 2.75) is 96.8 Å². The SMILES string of the molecule is CCCCCCCCCN(CCCCl)CCCCCCCC(=O)O. The van der Waals surface area contributed by atoms with E-state index in [0.717, 1.165) is 38.1 Å². The van der Waals surface area contributed by atoms with E-state index in [2.05, 4.69) is 11.8 Å². The van der Waals surface area contributed by atoms with Gasteiger partial charge >= 0.3 is 5.97 Å². The number of hydrogen-bond acceptors (Lipinski definition) is 2. The first-order valence-electron chi connectivity index (χ1n) is 10.2. The molecule has 0 aliphatic rings. The second-order valence-electron chi connectivity index (χ2n) is 6.92. The molecule has 0 saturated carbocycles. The van der Waals surface area contributed by atoms with Crippen molar-refractivity contribution >= 4 is 17.6 Å². The van der Waals surface area contributed by atoms with Gasteiger partial charge in [0.15, 0.2) is 0 Å². The predicted octanol–water partition coefficient (Wildman–Crippen LogP) is 6.09. The zero-order valence-corrected chi connectivity index (χ0v) is 16.7. The first kappa shape index (κ1) is 23.7. The van der Waals surface area contributed by atoms with Crippen LogP contribution in [-0.2, 0) is 4.79 Å². The van der Waals surface area contributed by atoms with Crippen LogP contribution in [0.1, 0.15) is 96.8 Å². The Balaban J connectivity index is 3.60. The maximum atomic E-state index is 10.5. The van der Waals surface area contributed by atoms with Crippen molar-refractivity contribution in [1.29, 1.82) is 0 Å². The average molecular weight is 362 g/mol. The maximum Gasteiger partial charge on any atom is 0.303 e. The van der Waals surface area contributed by atoms with Crippen LogP contribution in [0.5, 0.6) is 0 Å². The monoisotopic (exact) mass is 361 g/mol. The molecule has 0 aromatic rings. The molecule has 0 fully saturated rings. The lowest BCUT2D eigenvalue weighted by atomic mass is 10.1. The van der Waals surface area contributed by atoms with Crippen LogP contribution in [0.2, 0.25) is 0 Å². The molecule has 0 amide bonds. The summed E-state index contributed by atoms with van der Waals surface area (Å²) in [6, 6.07) is 0. The van der Waals surface area contributed by atoms with Crippen LogP contribution in [0.15, 0.2) is 0 Å². The van der Waals surface area contributed by atoms with Gasteiger partial charge in [-0.1, -0.05) is 64.7 Å². The number of rotatable bonds is 19. The van der Waals surface area contributed by atoms with Crippen LogP contribution in [0.25, 0.3) is 0 Å². The van der Waals surface area contributed by atoms with E-state index in [9.17, 15) is 4.79 Å². The second kappa shape index (κ2) is 19.1. The van der Waals surface area contributed by atoms with E-state index >= 15 is 0 Å². The number of aliphatic carboxylic acids is 1. The number of halogens is 1. The molecule has 0 spiro atoms. The molecular formula is C20H40ClNO2. The Morgan fingerprint density at radius 1 is 0.750 bits per heavy atom. The van der Waals surface area contributed by atoms with Gasteiger partial charge in [0.05, 0.1) is 0 Å². The van der Waals surface area contributed by atoms with Crippen molar-refractivity contribution in [1.82, 2.24) is 4.90 Å². The summed E-state index contributed by atoms with van der Waals surface area (Å²) in [6.07, 6.45) is 16.4. The van der Waals surface area contributed by atoms with Gasteiger partial charge in [0, 0.05) is 12.3 Å². The zero-order valence-electron chi connectivity index (χ0n) is 15.9. The minimum Gasteiger partial charge on any atom is -0.481 e. The zero-order chi connectivity index (χ0) is 17.9. The fraction of sp³-hybridized carbons (Fsp3) is 0.950. The van der Waals surface area contributed by atoms with E-state index in [0.29, 0.717) is 6.42 Å². The summed E-state index contributed by atoms with van der Waals surface area (Å²) in [7, 11) is 0. The van der Waals surface area contributed by atoms with Crippen molar-refractivity contribution in [2.75, 3.05) is 25.5 Å². The summed E-state index contributed by atoms with van der Waals surface area (Å²) in [4.78, 5) is 13.0. The molecule has 1 N–H and O–H groups in total. The Bertz CT molecular complexity index is 274. The van der Waals surface area contributed by atoms with E-state index in [-0.39, 0.29) is 0 Å². The van der Waals surface area contributed by atoms with Gasteiger partial charge in [-0.3, -0.25) is 4.79 Å². The quantitative estimate of drug-likeness (QED) is 0.223. The predicted molar refractivity (Wildman–Crippen MR) is 105 cm³/mol. The van der Waals surface area contributed by atoms with Gasteiger partial charge in [-0.2, -0.15) is 0 Å². The van der Waals surface area contributed by atoms with E-state index < -0.39 is 5.97 Å². The number of carboxylic acids is 1. The third kappa shape index (κ3) is 18.1. The molecule has 0 aliphatic heterocycles. The lowest BCUT2D eigenvalue weighted by molar-refractivity contribution is -0.137. The van der Waals surface area contributed by atoms with Crippen molar-refractivity contribution < 1.29 is 9.90 Å². The van der Waals surface area contributed by atoms with Gasteiger partial charge in [-0.05, 0) is 45.3 Å². The molecule has 24 heavy (non-hydrogen) atoms. The standard InChI is InChI=1S/C20H40ClNO2/c1-2-3-4-5-6-9-12-17-22(19-14-16-21)18-13-10-7-8-11-15-20(23)24/h2-19H2,1H3,(H,23,24). The largest absolute Gasteiger partial charge is 0.481 e. The van der Waals surface area contributed by atoms with Crippen molar-refractivity contribution in [3.8, 4) is 0 Å². The molecule has 0 rings (SSSR count). The molecular weight excluding hydrogens is 322 g/mol. The summed E-state index contributed by atoms with van der Waals surface area (Å²) in [5, 5.41) is 8.62. The van der Waals surface area contributed by atoms with Crippen LogP contribution in [0.4, 0.5) is 0 Å². The maximum absolute atomic E-state index is 10.5. The van der Waals surface area contributed by atoms with Crippen molar-refractivity contribution in [3.63, 3.8) is 0 Å². The average Bonchev–Trinajstić information content (AvgIpc) is 2.56. The number of carbonyl (C=O) groups is 1. The first-order chi connectivity index (χ1) is 11.7. The number of hydrogen-bond donors (Lipinski definition) is 1. The van der Waals surface area contributed by atoms with Crippen molar-refractivity contribution in [3.05, 3.63) is 0 Å². The molecule has 0 aromatic carbocycles. The molecule has 0 aliphatic carbocycles. The summed E-state index contributed by atoms with van der Waals surface area (Å²) in [5.41, 5.74) is 0. The topological polar surface area (TPSA) is 40.5 Å². The molecule has 0 radical (unpaired) electrons. The molecule has 0 saturated heterocycles. The second-order valence-corrected chi connectivity index (χ2v) is 7.29. The highest BCUT2D eigenvalue weighted by atomic mass is 35.5. The van der Waals surface area contributed by atoms with Gasteiger partial charge < -0.3 is 10.0 Å². The number of nitrogens with zero attached hydrogens (tertiary/aromatic N) is 1. The Labute approximate surface area is 155 Å². The lowest BCUT2D eigenvalue weighted by Crippen LogP contribution is -2.27. The van der Waals surface area contributed by atoms with Crippen LogP contribution < -0.4 is 0 Å². The summed E-state index contributed by atoms with van der Waals surface area (Å²) in [5.74, 6) is 0.0832. The first-order valence-corrected chi connectivity index (χ1v) is 10.7. The fourth-order valence-corrected chi connectivity index (χ4v) is 3.17.